The van der Waals surface area contributed by atoms with Crippen LogP contribution >= 0.6 is 32.9 Å². The molecule has 1 saturated heterocycles. The second kappa shape index (κ2) is 4.69. The van der Waals surface area contributed by atoms with E-state index in [1.807, 2.05) is 0 Å². The summed E-state index contributed by atoms with van der Waals surface area (Å²) in [6, 6.07) is 0. The number of nitrogens with zero attached hydrogens (tertiary/aromatic N) is 1. The van der Waals surface area contributed by atoms with E-state index in [9.17, 15) is 0 Å². The van der Waals surface area contributed by atoms with Gasteiger partial charge >= 0.3 is 0 Å². The molecule has 3 heteroatoms. The number of hydrogen-bond donors (Lipinski definition) is 0. The van der Waals surface area contributed by atoms with Gasteiger partial charge < -0.3 is 4.90 Å². The highest BCUT2D eigenvalue weighted by atomic mass is 79.9. The lowest BCUT2D eigenvalue weighted by Gasteiger charge is -2.35. The molecule has 1 fully saturated rings. The van der Waals surface area contributed by atoms with Crippen molar-refractivity contribution >= 4 is 32.9 Å². The molecule has 0 aromatic carbocycles. The molecular formula is C6H13Br2N. The summed E-state index contributed by atoms with van der Waals surface area (Å²) in [6.45, 7) is 2.62. The first-order chi connectivity index (χ1) is 3.83. The fourth-order valence-electron chi connectivity index (χ4n) is 1.16. The van der Waals surface area contributed by atoms with Crippen LogP contribution in [-0.4, -0.2) is 30.4 Å². The zero-order valence-electron chi connectivity index (χ0n) is 5.64. The van der Waals surface area contributed by atoms with Gasteiger partial charge in [-0.1, -0.05) is 15.9 Å². The molecule has 0 spiro atoms. The zero-order chi connectivity index (χ0) is 5.98. The predicted octanol–water partition coefficient (Wildman–Crippen LogP) is 1.91. The summed E-state index contributed by atoms with van der Waals surface area (Å²) in [5.74, 6) is 0.986. The van der Waals surface area contributed by atoms with Gasteiger partial charge in [-0.15, -0.1) is 17.0 Å². The van der Waals surface area contributed by atoms with Gasteiger partial charge in [0.1, 0.15) is 0 Å². The minimum atomic E-state index is 0. The molecule has 0 aliphatic carbocycles. The lowest BCUT2D eigenvalue weighted by Crippen LogP contribution is -2.43. The Morgan fingerprint density at radius 3 is 2.44 bits per heavy atom. The van der Waals surface area contributed by atoms with Crippen LogP contribution in [0.4, 0.5) is 0 Å². The lowest BCUT2D eigenvalue weighted by atomic mass is 9.99. The van der Waals surface area contributed by atoms with Gasteiger partial charge in [0, 0.05) is 18.4 Å². The molecule has 1 rings (SSSR count). The minimum absolute atomic E-state index is 0. The fraction of sp³-hybridized carbons (Fsp3) is 1.00. The molecule has 1 aliphatic rings. The summed E-state index contributed by atoms with van der Waals surface area (Å²) in [4.78, 5) is 2.35. The number of rotatable bonds is 2. The normalized spacial score (nSPS) is 20.7. The average Bonchev–Trinajstić information content (AvgIpc) is 1.64. The molecule has 0 aromatic heterocycles. The van der Waals surface area contributed by atoms with Gasteiger partial charge in [-0.3, -0.25) is 0 Å². The first-order valence-electron chi connectivity index (χ1n) is 3.07. The summed E-state index contributed by atoms with van der Waals surface area (Å²) >= 11 is 3.43. The smallest absolute Gasteiger partial charge is 0.00348 e. The van der Waals surface area contributed by atoms with Gasteiger partial charge in [-0.25, -0.2) is 0 Å². The van der Waals surface area contributed by atoms with Crippen molar-refractivity contribution in [1.82, 2.24) is 4.90 Å². The number of alkyl halides is 1. The lowest BCUT2D eigenvalue weighted by molar-refractivity contribution is 0.132. The minimum Gasteiger partial charge on any atom is -0.306 e. The van der Waals surface area contributed by atoms with Gasteiger partial charge in [0.2, 0.25) is 0 Å². The largest absolute Gasteiger partial charge is 0.306 e. The summed E-state index contributed by atoms with van der Waals surface area (Å²) in [5, 5.41) is 1.17. The van der Waals surface area contributed by atoms with Crippen LogP contribution in [0.2, 0.25) is 0 Å². The highest BCUT2D eigenvalue weighted by molar-refractivity contribution is 9.09. The number of likely N-dealkylation sites (tertiary alicyclic amines) is 1. The van der Waals surface area contributed by atoms with Crippen molar-refractivity contribution in [1.29, 1.82) is 0 Å². The maximum absolute atomic E-state index is 3.43. The van der Waals surface area contributed by atoms with Gasteiger partial charge in [0.15, 0.2) is 0 Å². The molecule has 1 nitrogen and oxygen atoms in total. The summed E-state index contributed by atoms with van der Waals surface area (Å²) in [6.07, 6.45) is 1.35. The molecular weight excluding hydrogens is 246 g/mol. The van der Waals surface area contributed by atoms with E-state index in [4.69, 9.17) is 0 Å². The van der Waals surface area contributed by atoms with Crippen molar-refractivity contribution in [2.45, 2.75) is 6.42 Å². The molecule has 9 heavy (non-hydrogen) atoms. The van der Waals surface area contributed by atoms with Crippen LogP contribution in [0.25, 0.3) is 0 Å². The highest BCUT2D eigenvalue weighted by Gasteiger charge is 2.21. The van der Waals surface area contributed by atoms with E-state index in [-0.39, 0.29) is 17.0 Å². The summed E-state index contributed by atoms with van der Waals surface area (Å²) in [7, 11) is 2.17. The van der Waals surface area contributed by atoms with E-state index in [1.165, 1.54) is 24.8 Å². The van der Waals surface area contributed by atoms with Crippen molar-refractivity contribution in [3.63, 3.8) is 0 Å². The van der Waals surface area contributed by atoms with E-state index < -0.39 is 0 Å². The molecule has 0 bridgehead atoms. The first kappa shape index (κ1) is 9.92. The standard InChI is InChI=1S/C6H12BrN.BrH/c1-8-4-6(5-8)2-3-7;/h6H,2-5H2,1H3;1H. The molecule has 0 radical (unpaired) electrons. The van der Waals surface area contributed by atoms with Crippen LogP contribution in [0.1, 0.15) is 6.42 Å². The Morgan fingerprint density at radius 2 is 2.11 bits per heavy atom. The second-order valence-electron chi connectivity index (χ2n) is 2.56. The maximum Gasteiger partial charge on any atom is 0.00348 e. The topological polar surface area (TPSA) is 3.24 Å². The first-order valence-corrected chi connectivity index (χ1v) is 4.19. The Morgan fingerprint density at radius 1 is 1.56 bits per heavy atom. The van der Waals surface area contributed by atoms with Crippen LogP contribution in [0.3, 0.4) is 0 Å². The van der Waals surface area contributed by atoms with Gasteiger partial charge in [0.25, 0.3) is 0 Å². The van der Waals surface area contributed by atoms with Crippen molar-refractivity contribution in [3.8, 4) is 0 Å². The third-order valence-corrected chi connectivity index (χ3v) is 2.11. The Balaban J connectivity index is 0.000000640. The summed E-state index contributed by atoms with van der Waals surface area (Å²) < 4.78 is 0. The number of hydrogen-bond acceptors (Lipinski definition) is 1. The van der Waals surface area contributed by atoms with Crippen molar-refractivity contribution in [2.24, 2.45) is 5.92 Å². The molecule has 1 aliphatic heterocycles. The Kier molecular flexibility index (Phi) is 5.17. The average molecular weight is 259 g/mol. The highest BCUT2D eigenvalue weighted by Crippen LogP contribution is 2.16. The van der Waals surface area contributed by atoms with Crippen LogP contribution in [-0.2, 0) is 0 Å². The Bertz CT molecular complexity index is 68.7. The van der Waals surface area contributed by atoms with Crippen LogP contribution in [0.15, 0.2) is 0 Å². The quantitative estimate of drug-likeness (QED) is 0.684. The van der Waals surface area contributed by atoms with Crippen molar-refractivity contribution in [3.05, 3.63) is 0 Å². The second-order valence-corrected chi connectivity index (χ2v) is 3.36. The van der Waals surface area contributed by atoms with Crippen molar-refractivity contribution < 1.29 is 0 Å². The summed E-state index contributed by atoms with van der Waals surface area (Å²) in [5.41, 5.74) is 0. The van der Waals surface area contributed by atoms with Crippen LogP contribution in [0.5, 0.6) is 0 Å². The van der Waals surface area contributed by atoms with E-state index in [1.54, 1.807) is 0 Å². The number of halogens is 2. The molecule has 0 saturated carbocycles. The third kappa shape index (κ3) is 3.01. The van der Waals surface area contributed by atoms with Gasteiger partial charge in [-0.05, 0) is 19.4 Å². The SMILES string of the molecule is Br.CN1CC(CCBr)C1. The van der Waals surface area contributed by atoms with Crippen LogP contribution in [0, 0.1) is 5.92 Å². The molecule has 56 valence electrons. The molecule has 0 N–H and O–H groups in total. The Hall–Kier alpha value is 0.920. The van der Waals surface area contributed by atoms with E-state index in [0.29, 0.717) is 0 Å². The maximum atomic E-state index is 3.43. The van der Waals surface area contributed by atoms with Gasteiger partial charge in [0.05, 0.1) is 0 Å². The van der Waals surface area contributed by atoms with Gasteiger partial charge in [-0.2, -0.15) is 0 Å². The molecule has 1 heterocycles. The van der Waals surface area contributed by atoms with E-state index >= 15 is 0 Å². The van der Waals surface area contributed by atoms with Crippen molar-refractivity contribution in [2.75, 3.05) is 25.5 Å². The predicted molar refractivity (Wildman–Crippen MR) is 49.7 cm³/mol. The molecule has 0 amide bonds. The van der Waals surface area contributed by atoms with E-state index in [2.05, 4.69) is 27.9 Å². The fourth-order valence-corrected chi connectivity index (χ4v) is 1.81. The molecule has 0 atom stereocenters. The Labute approximate surface area is 75.7 Å². The monoisotopic (exact) mass is 257 g/mol. The molecule has 0 aromatic rings. The van der Waals surface area contributed by atoms with Crippen LogP contribution < -0.4 is 0 Å². The zero-order valence-corrected chi connectivity index (χ0v) is 8.94. The van der Waals surface area contributed by atoms with E-state index in [0.717, 1.165) is 5.92 Å². The third-order valence-electron chi connectivity index (χ3n) is 1.66. The molecule has 0 unspecified atom stereocenters.